The number of rotatable bonds is 3. The first-order valence-corrected chi connectivity index (χ1v) is 5.74. The monoisotopic (exact) mass is 230 g/mol. The third kappa shape index (κ3) is 1.87. The molecule has 0 aliphatic carbocycles. The van der Waals surface area contributed by atoms with Gasteiger partial charge in [-0.25, -0.2) is 0 Å². The molecule has 0 radical (unpaired) electrons. The highest BCUT2D eigenvalue weighted by atomic mass is 16.8. The highest BCUT2D eigenvalue weighted by molar-refractivity contribution is 4.95. The molecule has 0 aromatic carbocycles. The molecule has 0 amide bonds. The summed E-state index contributed by atoms with van der Waals surface area (Å²) < 4.78 is 28.0. The predicted molar refractivity (Wildman–Crippen MR) is 53.9 cm³/mol. The lowest BCUT2D eigenvalue weighted by Crippen LogP contribution is -2.36. The molecule has 3 saturated heterocycles. The van der Waals surface area contributed by atoms with Crippen LogP contribution < -0.4 is 0 Å². The lowest BCUT2D eigenvalue weighted by Gasteiger charge is -2.24. The van der Waals surface area contributed by atoms with Gasteiger partial charge in [0.1, 0.15) is 12.2 Å². The highest BCUT2D eigenvalue weighted by Gasteiger charge is 2.55. The van der Waals surface area contributed by atoms with Crippen LogP contribution in [0.3, 0.4) is 0 Å². The van der Waals surface area contributed by atoms with Gasteiger partial charge < -0.3 is 23.7 Å². The van der Waals surface area contributed by atoms with Crippen molar-refractivity contribution in [2.24, 2.45) is 0 Å². The first-order chi connectivity index (χ1) is 7.59. The molecule has 0 saturated carbocycles. The van der Waals surface area contributed by atoms with E-state index < -0.39 is 5.79 Å². The summed E-state index contributed by atoms with van der Waals surface area (Å²) in [6, 6.07) is 0. The number of hydrogen-bond acceptors (Lipinski definition) is 5. The zero-order chi connectivity index (χ0) is 11.3. The first-order valence-electron chi connectivity index (χ1n) is 5.74. The number of fused-ring (bicyclic) bond motifs is 1. The van der Waals surface area contributed by atoms with Gasteiger partial charge in [0.2, 0.25) is 0 Å². The Morgan fingerprint density at radius 3 is 2.69 bits per heavy atom. The van der Waals surface area contributed by atoms with Crippen molar-refractivity contribution in [2.75, 3.05) is 13.7 Å². The van der Waals surface area contributed by atoms with E-state index in [0.29, 0.717) is 6.10 Å². The molecule has 3 fully saturated rings. The van der Waals surface area contributed by atoms with E-state index in [-0.39, 0.29) is 24.6 Å². The smallest absolute Gasteiger partial charge is 0.190 e. The Bertz CT molecular complexity index is 276. The van der Waals surface area contributed by atoms with Gasteiger partial charge in [-0.2, -0.15) is 0 Å². The second-order valence-corrected chi connectivity index (χ2v) is 5.03. The van der Waals surface area contributed by atoms with E-state index in [1.54, 1.807) is 7.11 Å². The van der Waals surface area contributed by atoms with Crippen LogP contribution in [0.2, 0.25) is 0 Å². The van der Waals surface area contributed by atoms with Crippen molar-refractivity contribution < 1.29 is 23.7 Å². The Morgan fingerprint density at radius 2 is 2.06 bits per heavy atom. The largest absolute Gasteiger partial charge is 0.376 e. The summed E-state index contributed by atoms with van der Waals surface area (Å²) in [4.78, 5) is 0. The van der Waals surface area contributed by atoms with Crippen LogP contribution in [0.25, 0.3) is 0 Å². The fraction of sp³-hybridized carbons (Fsp3) is 1.00. The molecular formula is C11H18O5. The minimum Gasteiger partial charge on any atom is -0.376 e. The average Bonchev–Trinajstić information content (AvgIpc) is 2.86. The molecule has 0 aromatic heterocycles. The van der Waals surface area contributed by atoms with Gasteiger partial charge in [0.15, 0.2) is 12.1 Å². The normalized spacial score (nSPS) is 49.3. The predicted octanol–water partition coefficient (Wildman–Crippen LogP) is 0.667. The maximum Gasteiger partial charge on any atom is 0.190 e. The minimum absolute atomic E-state index is 0.0172. The Kier molecular flexibility index (Phi) is 2.49. The summed E-state index contributed by atoms with van der Waals surface area (Å²) in [5.74, 6) is -0.576. The Hall–Kier alpha value is -0.200. The van der Waals surface area contributed by atoms with Crippen LogP contribution in [0.5, 0.6) is 0 Å². The molecular weight excluding hydrogens is 212 g/mol. The number of hydrogen-bond donors (Lipinski definition) is 0. The van der Waals surface area contributed by atoms with Gasteiger partial charge in [-0.05, 0) is 13.8 Å². The average molecular weight is 230 g/mol. The number of ether oxygens (including phenoxy) is 5. The van der Waals surface area contributed by atoms with E-state index in [2.05, 4.69) is 0 Å². The van der Waals surface area contributed by atoms with Crippen molar-refractivity contribution in [3.05, 3.63) is 0 Å². The van der Waals surface area contributed by atoms with Crippen molar-refractivity contribution >= 4 is 0 Å². The highest BCUT2D eigenvalue weighted by Crippen LogP contribution is 2.40. The quantitative estimate of drug-likeness (QED) is 0.667. The van der Waals surface area contributed by atoms with Crippen LogP contribution in [0.4, 0.5) is 0 Å². The fourth-order valence-electron chi connectivity index (χ4n) is 2.49. The van der Waals surface area contributed by atoms with Gasteiger partial charge in [-0.3, -0.25) is 0 Å². The SMILES string of the molecule is CO[C@@H]1[C@H]2OC(C)(C)O[C@H]2O[C@@H]1CC1CO1. The minimum atomic E-state index is -0.576. The summed E-state index contributed by atoms with van der Waals surface area (Å²) in [5.41, 5.74) is 0. The van der Waals surface area contributed by atoms with Gasteiger partial charge in [0.25, 0.3) is 0 Å². The Morgan fingerprint density at radius 1 is 1.31 bits per heavy atom. The second kappa shape index (κ2) is 3.65. The number of methoxy groups -OCH3 is 1. The summed E-state index contributed by atoms with van der Waals surface area (Å²) >= 11 is 0. The number of epoxide rings is 1. The van der Waals surface area contributed by atoms with Crippen LogP contribution in [0, 0.1) is 0 Å². The van der Waals surface area contributed by atoms with Crippen molar-refractivity contribution in [3.63, 3.8) is 0 Å². The fourth-order valence-corrected chi connectivity index (χ4v) is 2.49. The van der Waals surface area contributed by atoms with Gasteiger partial charge in [0, 0.05) is 13.5 Å². The molecule has 0 spiro atoms. The maximum absolute atomic E-state index is 5.82. The molecule has 92 valence electrons. The van der Waals surface area contributed by atoms with Crippen LogP contribution in [-0.4, -0.2) is 50.2 Å². The molecule has 5 nitrogen and oxygen atoms in total. The molecule has 5 heteroatoms. The van der Waals surface area contributed by atoms with Crippen molar-refractivity contribution in [2.45, 2.75) is 56.8 Å². The summed E-state index contributed by atoms with van der Waals surface area (Å²) in [6.07, 6.45) is 0.722. The Balaban J connectivity index is 1.68. The molecule has 5 atom stereocenters. The third-order valence-corrected chi connectivity index (χ3v) is 3.26. The van der Waals surface area contributed by atoms with Crippen LogP contribution in [0.15, 0.2) is 0 Å². The van der Waals surface area contributed by atoms with E-state index in [4.69, 9.17) is 23.7 Å². The third-order valence-electron chi connectivity index (χ3n) is 3.26. The molecule has 3 aliphatic rings. The van der Waals surface area contributed by atoms with Crippen LogP contribution in [0.1, 0.15) is 20.3 Å². The van der Waals surface area contributed by atoms with Gasteiger partial charge in [-0.15, -0.1) is 0 Å². The summed E-state index contributed by atoms with van der Waals surface area (Å²) in [5, 5.41) is 0. The standard InChI is InChI=1S/C11H18O5/c1-11(2)15-9-8(12-3)7(4-6-5-13-6)14-10(9)16-11/h6-10H,4-5H2,1-3H3/t6?,7-,8+,9-,10-/m1/s1. The lowest BCUT2D eigenvalue weighted by atomic mass is 10.1. The van der Waals surface area contributed by atoms with E-state index in [9.17, 15) is 0 Å². The molecule has 0 aromatic rings. The van der Waals surface area contributed by atoms with Gasteiger partial charge in [0.05, 0.1) is 18.8 Å². The Labute approximate surface area is 94.9 Å². The molecule has 3 aliphatic heterocycles. The lowest BCUT2D eigenvalue weighted by molar-refractivity contribution is -0.217. The van der Waals surface area contributed by atoms with Gasteiger partial charge in [-0.1, -0.05) is 0 Å². The van der Waals surface area contributed by atoms with Crippen LogP contribution in [-0.2, 0) is 23.7 Å². The topological polar surface area (TPSA) is 49.5 Å². The maximum atomic E-state index is 5.82. The molecule has 1 unspecified atom stereocenters. The molecule has 0 bridgehead atoms. The molecule has 0 N–H and O–H groups in total. The second-order valence-electron chi connectivity index (χ2n) is 5.03. The van der Waals surface area contributed by atoms with Crippen molar-refractivity contribution in [3.8, 4) is 0 Å². The summed E-state index contributed by atoms with van der Waals surface area (Å²) in [7, 11) is 1.69. The van der Waals surface area contributed by atoms with Gasteiger partial charge >= 0.3 is 0 Å². The van der Waals surface area contributed by atoms with E-state index in [0.717, 1.165) is 13.0 Å². The van der Waals surface area contributed by atoms with E-state index >= 15 is 0 Å². The van der Waals surface area contributed by atoms with Crippen LogP contribution >= 0.6 is 0 Å². The molecule has 3 heterocycles. The zero-order valence-electron chi connectivity index (χ0n) is 9.84. The van der Waals surface area contributed by atoms with E-state index in [1.165, 1.54) is 0 Å². The summed E-state index contributed by atoms with van der Waals surface area (Å²) in [6.45, 7) is 4.61. The zero-order valence-corrected chi connectivity index (χ0v) is 9.84. The van der Waals surface area contributed by atoms with Crippen molar-refractivity contribution in [1.82, 2.24) is 0 Å². The first kappa shape index (κ1) is 10.9. The van der Waals surface area contributed by atoms with E-state index in [1.807, 2.05) is 13.8 Å². The van der Waals surface area contributed by atoms with Crippen molar-refractivity contribution in [1.29, 1.82) is 0 Å². The molecule has 16 heavy (non-hydrogen) atoms. The molecule has 3 rings (SSSR count).